The Bertz CT molecular complexity index is 500. The Labute approximate surface area is 119 Å². The largest absolute Gasteiger partial charge is 0.397 e. The van der Waals surface area contributed by atoms with E-state index in [9.17, 15) is 4.79 Å². The Morgan fingerprint density at radius 1 is 1.30 bits per heavy atom. The predicted molar refractivity (Wildman–Crippen MR) is 79.1 cm³/mol. The van der Waals surface area contributed by atoms with E-state index in [1.807, 2.05) is 13.0 Å². The summed E-state index contributed by atoms with van der Waals surface area (Å²) in [4.78, 5) is 14.6. The van der Waals surface area contributed by atoms with Gasteiger partial charge in [0.1, 0.15) is 5.54 Å². The van der Waals surface area contributed by atoms with Crippen LogP contribution in [-0.4, -0.2) is 44.2 Å². The second-order valence-electron chi connectivity index (χ2n) is 5.09. The fraction of sp³-hybridized carbons (Fsp3) is 0.500. The molecule has 5 N–H and O–H groups in total. The Morgan fingerprint density at radius 3 is 2.50 bits per heavy atom. The van der Waals surface area contributed by atoms with Crippen LogP contribution in [0.4, 0.5) is 11.4 Å². The summed E-state index contributed by atoms with van der Waals surface area (Å²) in [5, 5.41) is 2.74. The van der Waals surface area contributed by atoms with Gasteiger partial charge in [-0.1, -0.05) is 6.07 Å². The maximum atomic E-state index is 12.5. The highest BCUT2D eigenvalue weighted by atomic mass is 16.5. The van der Waals surface area contributed by atoms with Gasteiger partial charge in [0.2, 0.25) is 5.91 Å². The van der Waals surface area contributed by atoms with Crippen molar-refractivity contribution < 1.29 is 9.53 Å². The van der Waals surface area contributed by atoms with Crippen molar-refractivity contribution in [1.29, 1.82) is 0 Å². The van der Waals surface area contributed by atoms with E-state index >= 15 is 0 Å². The quantitative estimate of drug-likeness (QED) is 0.684. The lowest BCUT2D eigenvalue weighted by Gasteiger charge is -2.42. The number of carbonyl (C=O) groups is 1. The molecule has 1 atom stereocenters. The van der Waals surface area contributed by atoms with Crippen LogP contribution >= 0.6 is 0 Å². The molecule has 1 aliphatic rings. The third kappa shape index (κ3) is 2.44. The highest BCUT2D eigenvalue weighted by Crippen LogP contribution is 2.32. The lowest BCUT2D eigenvalue weighted by Crippen LogP contribution is -2.57. The molecule has 110 valence electrons. The maximum Gasteiger partial charge on any atom is 0.244 e. The maximum absolute atomic E-state index is 12.5. The molecule has 20 heavy (non-hydrogen) atoms. The molecule has 0 spiro atoms. The molecule has 1 unspecified atom stereocenters. The normalized spacial score (nSPS) is 19.3. The second kappa shape index (κ2) is 5.68. The van der Waals surface area contributed by atoms with Crippen LogP contribution in [0.5, 0.6) is 0 Å². The van der Waals surface area contributed by atoms with Gasteiger partial charge in [0.25, 0.3) is 0 Å². The van der Waals surface area contributed by atoms with Gasteiger partial charge in [-0.05, 0) is 24.6 Å². The van der Waals surface area contributed by atoms with Crippen LogP contribution in [0.25, 0.3) is 0 Å². The molecule has 1 heterocycles. The fourth-order valence-electron chi connectivity index (χ4n) is 2.59. The number of nitrogen functional groups attached to an aromatic ring is 2. The molecule has 1 aliphatic heterocycles. The molecule has 1 amide bonds. The third-order valence-corrected chi connectivity index (χ3v) is 3.96. The smallest absolute Gasteiger partial charge is 0.244 e. The lowest BCUT2D eigenvalue weighted by molar-refractivity contribution is -0.136. The number of nitrogens with zero attached hydrogens (tertiary/aromatic N) is 1. The molecule has 0 saturated carbocycles. The zero-order chi connectivity index (χ0) is 14.8. The highest BCUT2D eigenvalue weighted by Gasteiger charge is 2.41. The number of anilines is 2. The van der Waals surface area contributed by atoms with Gasteiger partial charge in [-0.25, -0.2) is 0 Å². The summed E-state index contributed by atoms with van der Waals surface area (Å²) in [5.41, 5.74) is 12.7. The van der Waals surface area contributed by atoms with Gasteiger partial charge in [0.15, 0.2) is 0 Å². The van der Waals surface area contributed by atoms with Gasteiger partial charge in [0.05, 0.1) is 24.6 Å². The van der Waals surface area contributed by atoms with Crippen molar-refractivity contribution in [3.63, 3.8) is 0 Å². The highest BCUT2D eigenvalue weighted by molar-refractivity contribution is 5.87. The standard InChI is InChI=1S/C14H22N4O2/c1-14(13(19)17-2,18-5-7-20-8-6-18)10-3-4-11(15)12(16)9-10/h3-4,9H,5-8,15-16H2,1-2H3,(H,17,19). The van der Waals surface area contributed by atoms with E-state index in [2.05, 4.69) is 10.2 Å². The van der Waals surface area contributed by atoms with Crippen molar-refractivity contribution >= 4 is 17.3 Å². The Morgan fingerprint density at radius 2 is 1.95 bits per heavy atom. The summed E-state index contributed by atoms with van der Waals surface area (Å²) in [5.74, 6) is -0.0661. The zero-order valence-electron chi connectivity index (χ0n) is 12.0. The average molecular weight is 278 g/mol. The number of ether oxygens (including phenoxy) is 1. The molecule has 0 aromatic heterocycles. The monoisotopic (exact) mass is 278 g/mol. The Balaban J connectivity index is 2.44. The number of carbonyl (C=O) groups excluding carboxylic acids is 1. The fourth-order valence-corrected chi connectivity index (χ4v) is 2.59. The van der Waals surface area contributed by atoms with Gasteiger partial charge < -0.3 is 21.5 Å². The topological polar surface area (TPSA) is 93.6 Å². The number of rotatable bonds is 3. The Kier molecular flexibility index (Phi) is 4.15. The van der Waals surface area contributed by atoms with Crippen LogP contribution in [0.15, 0.2) is 18.2 Å². The number of nitrogens with one attached hydrogen (secondary N) is 1. The molecule has 0 radical (unpaired) electrons. The van der Waals surface area contributed by atoms with Gasteiger partial charge in [-0.15, -0.1) is 0 Å². The van der Waals surface area contributed by atoms with Crippen molar-refractivity contribution in [1.82, 2.24) is 10.2 Å². The number of hydrogen-bond donors (Lipinski definition) is 3. The molecule has 6 heteroatoms. The molecule has 0 bridgehead atoms. The van der Waals surface area contributed by atoms with Gasteiger partial charge in [0, 0.05) is 20.1 Å². The first kappa shape index (κ1) is 14.6. The van der Waals surface area contributed by atoms with Crippen LogP contribution in [0.2, 0.25) is 0 Å². The first-order valence-electron chi connectivity index (χ1n) is 6.70. The van der Waals surface area contributed by atoms with Gasteiger partial charge in [-0.3, -0.25) is 9.69 Å². The number of benzene rings is 1. The summed E-state index contributed by atoms with van der Waals surface area (Å²) >= 11 is 0. The Hall–Kier alpha value is -1.79. The molecule has 1 aromatic carbocycles. The summed E-state index contributed by atoms with van der Waals surface area (Å²) in [6.45, 7) is 4.55. The van der Waals surface area contributed by atoms with Crippen molar-refractivity contribution in [2.75, 3.05) is 44.8 Å². The average Bonchev–Trinajstić information content (AvgIpc) is 2.49. The van der Waals surface area contributed by atoms with Crippen LogP contribution < -0.4 is 16.8 Å². The molecular weight excluding hydrogens is 256 g/mol. The van der Waals surface area contributed by atoms with Crippen molar-refractivity contribution in [2.45, 2.75) is 12.5 Å². The van der Waals surface area contributed by atoms with Crippen molar-refractivity contribution in [3.05, 3.63) is 23.8 Å². The van der Waals surface area contributed by atoms with E-state index in [1.54, 1.807) is 19.2 Å². The minimum atomic E-state index is -0.777. The number of amides is 1. The molecule has 6 nitrogen and oxygen atoms in total. The molecular formula is C14H22N4O2. The summed E-state index contributed by atoms with van der Waals surface area (Å²) in [6.07, 6.45) is 0. The minimum Gasteiger partial charge on any atom is -0.397 e. The minimum absolute atomic E-state index is 0.0661. The van der Waals surface area contributed by atoms with E-state index in [-0.39, 0.29) is 5.91 Å². The summed E-state index contributed by atoms with van der Waals surface area (Å²) in [6, 6.07) is 5.38. The third-order valence-electron chi connectivity index (χ3n) is 3.96. The van der Waals surface area contributed by atoms with Crippen LogP contribution in [0.1, 0.15) is 12.5 Å². The first-order chi connectivity index (χ1) is 9.50. The van der Waals surface area contributed by atoms with E-state index in [0.717, 1.165) is 5.56 Å². The van der Waals surface area contributed by atoms with Gasteiger partial charge in [-0.2, -0.15) is 0 Å². The zero-order valence-corrected chi connectivity index (χ0v) is 12.0. The first-order valence-corrected chi connectivity index (χ1v) is 6.70. The second-order valence-corrected chi connectivity index (χ2v) is 5.09. The lowest BCUT2D eigenvalue weighted by atomic mass is 9.88. The van der Waals surface area contributed by atoms with Crippen molar-refractivity contribution in [3.8, 4) is 0 Å². The van der Waals surface area contributed by atoms with Crippen LogP contribution in [-0.2, 0) is 15.1 Å². The SMILES string of the molecule is CNC(=O)C(C)(c1ccc(N)c(N)c1)N1CCOCC1. The number of morpholine rings is 1. The summed E-state index contributed by atoms with van der Waals surface area (Å²) < 4.78 is 5.37. The molecule has 1 saturated heterocycles. The van der Waals surface area contributed by atoms with E-state index in [1.165, 1.54) is 0 Å². The molecule has 1 fully saturated rings. The number of hydrogen-bond acceptors (Lipinski definition) is 5. The molecule has 0 aliphatic carbocycles. The van der Waals surface area contributed by atoms with E-state index < -0.39 is 5.54 Å². The van der Waals surface area contributed by atoms with Crippen LogP contribution in [0, 0.1) is 0 Å². The summed E-state index contributed by atoms with van der Waals surface area (Å²) in [7, 11) is 1.64. The van der Waals surface area contributed by atoms with Crippen LogP contribution in [0.3, 0.4) is 0 Å². The number of likely N-dealkylation sites (N-methyl/N-ethyl adjacent to an activating group) is 1. The van der Waals surface area contributed by atoms with Gasteiger partial charge >= 0.3 is 0 Å². The molecule has 2 rings (SSSR count). The number of nitrogens with two attached hydrogens (primary N) is 2. The van der Waals surface area contributed by atoms with E-state index in [0.29, 0.717) is 37.7 Å². The predicted octanol–water partition coefficient (Wildman–Crippen LogP) is 0.144. The van der Waals surface area contributed by atoms with E-state index in [4.69, 9.17) is 16.2 Å². The molecule has 1 aromatic rings. The van der Waals surface area contributed by atoms with Crippen molar-refractivity contribution in [2.24, 2.45) is 0 Å².